The summed E-state index contributed by atoms with van der Waals surface area (Å²) >= 11 is 1.45. The lowest BCUT2D eigenvalue weighted by molar-refractivity contribution is 0.669. The van der Waals surface area contributed by atoms with E-state index < -0.39 is 155 Å². The summed E-state index contributed by atoms with van der Waals surface area (Å²) in [7, 11) is 0. The molecule has 0 aliphatic carbocycles. The molecule has 4 nitrogen and oxygen atoms in total. The molecule has 0 aliphatic rings. The summed E-state index contributed by atoms with van der Waals surface area (Å²) in [6.45, 7) is 0. The third kappa shape index (κ3) is 5.28. The average molecular weight is 742 g/mol. The molecule has 11 rings (SSSR count). The number of anilines is 3. The molecule has 0 fully saturated rings. The van der Waals surface area contributed by atoms with Gasteiger partial charge in [-0.2, -0.15) is 0 Å². The first-order chi connectivity index (χ1) is 35.6. The van der Waals surface area contributed by atoms with Crippen molar-refractivity contribution in [2.75, 3.05) is 4.90 Å². The number of thiophene rings is 1. The van der Waals surface area contributed by atoms with Crippen molar-refractivity contribution in [2.45, 2.75) is 0 Å². The number of hydrogen-bond donors (Lipinski definition) is 0. The van der Waals surface area contributed by atoms with Crippen LogP contribution in [-0.2, 0) is 0 Å². The Hall–Kier alpha value is -7.08. The van der Waals surface area contributed by atoms with Gasteiger partial charge in [-0.15, -0.1) is 11.3 Å². The summed E-state index contributed by atoms with van der Waals surface area (Å²) in [4.78, 5) is 10.6. The van der Waals surface area contributed by atoms with Crippen LogP contribution in [-0.4, -0.2) is 9.97 Å². The standard InChI is InChI=1S/C50H31N3OS/c1-3-15-35(16-4-1)53(36-17-5-2-6-18-36)37-28-25-32(26-29-37)34-27-30-40-44(31-34)54-43-23-12-22-42(46(40)43)50-51-47(39-21-11-14-33-13-7-8-19-38(33)39)49-48(52-50)41-20-9-10-24-45(41)55-49/h1-31H/i1D,2D,3D,4D,5D,6D,12D,15D,16D,17D,18D,22D,23D,25D,26D,27D,28D,29D,30D,31D. The van der Waals surface area contributed by atoms with Crippen LogP contribution >= 0.6 is 11.3 Å². The molecule has 0 saturated carbocycles. The van der Waals surface area contributed by atoms with Crippen LogP contribution in [0.3, 0.4) is 0 Å². The number of nitrogens with zero attached hydrogens (tertiary/aromatic N) is 3. The van der Waals surface area contributed by atoms with Crippen LogP contribution in [0.5, 0.6) is 0 Å². The Morgan fingerprint density at radius 1 is 0.527 bits per heavy atom. The number of furan rings is 1. The summed E-state index contributed by atoms with van der Waals surface area (Å²) in [5.41, 5.74) is -3.49. The van der Waals surface area contributed by atoms with Gasteiger partial charge in [-0.1, -0.05) is 127 Å². The first-order valence-corrected chi connectivity index (χ1v) is 17.6. The Morgan fingerprint density at radius 3 is 2.02 bits per heavy atom. The van der Waals surface area contributed by atoms with Crippen molar-refractivity contribution in [3.8, 4) is 33.8 Å². The number of para-hydroxylation sites is 2. The SMILES string of the molecule is [2H]c1c([2H])c([2H])c(N(c2c([2H])c([2H])c([2H])c([2H])c2[2H])c2c([2H])c([2H])c(-c3c([2H])c([2H])c4c(oc5c([2H])c([2H])c([2H])c(-c6nc(-c7cccc8ccccc78)c7sc8ccccc8c7n6)c54)c3[2H])c([2H])c2[2H])c([2H])c1[2H]. The molecule has 0 bridgehead atoms. The van der Waals surface area contributed by atoms with Crippen molar-refractivity contribution in [2.24, 2.45) is 0 Å². The van der Waals surface area contributed by atoms with Crippen LogP contribution < -0.4 is 4.90 Å². The third-order valence-corrected chi connectivity index (χ3v) is 10.2. The van der Waals surface area contributed by atoms with E-state index in [4.69, 9.17) is 30.8 Å². The number of aromatic nitrogens is 2. The van der Waals surface area contributed by atoms with Crippen molar-refractivity contribution in [1.29, 1.82) is 0 Å². The van der Waals surface area contributed by atoms with Crippen LogP contribution in [0.25, 0.3) is 86.8 Å². The first-order valence-electron chi connectivity index (χ1n) is 26.8. The Kier molecular flexibility index (Phi) is 4.04. The highest BCUT2D eigenvalue weighted by atomic mass is 32.1. The molecular formula is C50H31N3OS. The van der Waals surface area contributed by atoms with Gasteiger partial charge in [0.25, 0.3) is 0 Å². The van der Waals surface area contributed by atoms with Gasteiger partial charge in [0, 0.05) is 49.0 Å². The second kappa shape index (κ2) is 12.8. The van der Waals surface area contributed by atoms with E-state index in [-0.39, 0.29) is 27.7 Å². The van der Waals surface area contributed by atoms with E-state index in [0.29, 0.717) is 20.8 Å². The molecule has 0 amide bonds. The van der Waals surface area contributed by atoms with Crippen LogP contribution in [0.2, 0.25) is 0 Å². The Bertz CT molecular complexity index is 4240. The molecule has 55 heavy (non-hydrogen) atoms. The van der Waals surface area contributed by atoms with Gasteiger partial charge in [-0.3, -0.25) is 0 Å². The zero-order valence-corrected chi connectivity index (χ0v) is 28.8. The molecule has 0 N–H and O–H groups in total. The Balaban J connectivity index is 1.20. The van der Waals surface area contributed by atoms with Crippen molar-refractivity contribution in [1.82, 2.24) is 9.97 Å². The largest absolute Gasteiger partial charge is 0.456 e. The third-order valence-electron chi connectivity index (χ3n) is 9.07. The second-order valence-corrected chi connectivity index (χ2v) is 13.3. The monoisotopic (exact) mass is 741 g/mol. The highest BCUT2D eigenvalue weighted by Crippen LogP contribution is 2.44. The molecule has 0 spiro atoms. The highest BCUT2D eigenvalue weighted by molar-refractivity contribution is 7.26. The molecule has 5 heteroatoms. The molecule has 11 aromatic rings. The summed E-state index contributed by atoms with van der Waals surface area (Å²) in [6, 6.07) is 3.14. The van der Waals surface area contributed by atoms with Crippen molar-refractivity contribution in [3.05, 3.63) is 188 Å². The summed E-state index contributed by atoms with van der Waals surface area (Å²) < 4.78 is 187. The fraction of sp³-hybridized carbons (Fsp3) is 0. The maximum atomic E-state index is 9.59. The van der Waals surface area contributed by atoms with Crippen LogP contribution in [0.4, 0.5) is 17.1 Å². The molecule has 3 heterocycles. The van der Waals surface area contributed by atoms with Gasteiger partial charge in [0.15, 0.2) is 5.82 Å². The van der Waals surface area contributed by atoms with Gasteiger partial charge in [0.2, 0.25) is 0 Å². The van der Waals surface area contributed by atoms with Crippen molar-refractivity contribution in [3.63, 3.8) is 0 Å². The molecule has 3 aromatic heterocycles. The zero-order valence-electron chi connectivity index (χ0n) is 48.0. The van der Waals surface area contributed by atoms with E-state index in [1.807, 2.05) is 66.7 Å². The molecular weight excluding hydrogens is 691 g/mol. The smallest absolute Gasteiger partial charge is 0.161 e. The molecule has 0 saturated heterocycles. The quantitative estimate of drug-likeness (QED) is 0.170. The predicted octanol–water partition coefficient (Wildman–Crippen LogP) is 14.4. The lowest BCUT2D eigenvalue weighted by atomic mass is 10.00. The molecule has 0 aliphatic heterocycles. The Morgan fingerprint density at radius 2 is 1.22 bits per heavy atom. The number of rotatable bonds is 6. The first kappa shape index (κ1) is 17.4. The zero-order chi connectivity index (χ0) is 53.7. The van der Waals surface area contributed by atoms with Gasteiger partial charge in [-0.05, 0) is 82.3 Å². The summed E-state index contributed by atoms with van der Waals surface area (Å²) in [5.74, 6) is -0.0975. The minimum atomic E-state index is -1.08. The van der Waals surface area contributed by atoms with E-state index in [0.717, 1.165) is 26.4 Å². The minimum Gasteiger partial charge on any atom is -0.456 e. The Labute approximate surface area is 349 Å². The van der Waals surface area contributed by atoms with Gasteiger partial charge >= 0.3 is 0 Å². The van der Waals surface area contributed by atoms with Gasteiger partial charge in [0.1, 0.15) is 11.2 Å². The predicted molar refractivity (Wildman–Crippen MR) is 231 cm³/mol. The van der Waals surface area contributed by atoms with Crippen LogP contribution in [0, 0.1) is 0 Å². The maximum absolute atomic E-state index is 9.59. The van der Waals surface area contributed by atoms with E-state index in [9.17, 15) is 11.0 Å². The topological polar surface area (TPSA) is 42.2 Å². The van der Waals surface area contributed by atoms with E-state index >= 15 is 0 Å². The van der Waals surface area contributed by atoms with E-state index in [1.54, 1.807) is 0 Å². The molecule has 8 aromatic carbocycles. The van der Waals surface area contributed by atoms with Gasteiger partial charge < -0.3 is 9.32 Å². The number of fused-ring (bicyclic) bond motifs is 7. The highest BCUT2D eigenvalue weighted by Gasteiger charge is 2.21. The normalized spacial score (nSPS) is 16.7. The number of benzene rings is 8. The molecule has 0 unspecified atom stereocenters. The lowest BCUT2D eigenvalue weighted by Gasteiger charge is -2.25. The summed E-state index contributed by atoms with van der Waals surface area (Å²) in [5, 5.41) is 2.09. The average Bonchev–Trinajstić information content (AvgIpc) is 4.03. The van der Waals surface area contributed by atoms with Crippen molar-refractivity contribution >= 4 is 81.4 Å². The second-order valence-electron chi connectivity index (χ2n) is 12.2. The fourth-order valence-electron chi connectivity index (χ4n) is 6.65. The van der Waals surface area contributed by atoms with Crippen molar-refractivity contribution < 1.29 is 31.8 Å². The van der Waals surface area contributed by atoms with Gasteiger partial charge in [0.05, 0.1) is 43.3 Å². The molecule has 0 radical (unpaired) electrons. The van der Waals surface area contributed by atoms with Crippen LogP contribution in [0.15, 0.2) is 192 Å². The molecule has 0 atom stereocenters. The van der Waals surface area contributed by atoms with Gasteiger partial charge in [-0.25, -0.2) is 9.97 Å². The maximum Gasteiger partial charge on any atom is 0.161 e. The summed E-state index contributed by atoms with van der Waals surface area (Å²) in [6.07, 6.45) is 0. The molecule has 258 valence electrons. The van der Waals surface area contributed by atoms with E-state index in [2.05, 4.69) is 0 Å². The van der Waals surface area contributed by atoms with E-state index in [1.165, 1.54) is 11.3 Å². The number of hydrogen-bond acceptors (Lipinski definition) is 5. The minimum absolute atomic E-state index is 0.0975. The fourth-order valence-corrected chi connectivity index (χ4v) is 7.79. The lowest BCUT2D eigenvalue weighted by Crippen LogP contribution is -2.09. The van der Waals surface area contributed by atoms with Crippen LogP contribution in [0.1, 0.15) is 27.4 Å².